The fraction of sp³-hybridized carbons (Fsp3) is 0.579. The molecule has 0 bridgehead atoms. The molecule has 0 aliphatic carbocycles. The highest BCUT2D eigenvalue weighted by atomic mass is 79.9. The zero-order chi connectivity index (χ0) is 21.3. The van der Waals surface area contributed by atoms with Crippen LogP contribution in [0.4, 0.5) is 4.79 Å². The van der Waals surface area contributed by atoms with Crippen molar-refractivity contribution in [3.8, 4) is 0 Å². The van der Waals surface area contributed by atoms with Crippen molar-refractivity contribution in [3.63, 3.8) is 0 Å². The Morgan fingerprint density at radius 1 is 1.24 bits per heavy atom. The molecule has 2 rings (SSSR count). The number of unbranched alkanes of at least 4 members (excludes halogenated alkanes) is 1. The van der Waals surface area contributed by atoms with Crippen LogP contribution in [-0.2, 0) is 21.2 Å². The molecule has 1 aliphatic rings. The quantitative estimate of drug-likeness (QED) is 0.324. The molecule has 1 aromatic carbocycles. The van der Waals surface area contributed by atoms with Gasteiger partial charge in [-0.25, -0.2) is 17.9 Å². The molecule has 162 valence electrons. The zero-order valence-electron chi connectivity index (χ0n) is 16.2. The van der Waals surface area contributed by atoms with E-state index >= 15 is 0 Å². The highest BCUT2D eigenvalue weighted by molar-refractivity contribution is 9.09. The van der Waals surface area contributed by atoms with Crippen LogP contribution in [0.2, 0.25) is 0 Å². The van der Waals surface area contributed by atoms with Gasteiger partial charge in [0.2, 0.25) is 15.9 Å². The summed E-state index contributed by atoms with van der Waals surface area (Å²) in [5.41, 5.74) is 0.850. The van der Waals surface area contributed by atoms with Crippen LogP contribution >= 0.6 is 15.9 Å². The summed E-state index contributed by atoms with van der Waals surface area (Å²) in [6.07, 6.45) is 1.76. The summed E-state index contributed by atoms with van der Waals surface area (Å²) >= 11 is 3.28. The Hall–Kier alpha value is -1.65. The van der Waals surface area contributed by atoms with Crippen molar-refractivity contribution >= 4 is 38.0 Å². The molecule has 0 radical (unpaired) electrons. The number of nitrogens with one attached hydrogen (secondary N) is 2. The number of halogens is 1. The number of sulfonamides is 1. The first-order chi connectivity index (χ1) is 13.8. The predicted molar refractivity (Wildman–Crippen MR) is 115 cm³/mol. The number of amides is 2. The van der Waals surface area contributed by atoms with E-state index in [4.69, 9.17) is 5.11 Å². The number of carbonyl (C=O) groups excluding carboxylic acids is 1. The second-order valence-electron chi connectivity index (χ2n) is 7.08. The first-order valence-electron chi connectivity index (χ1n) is 9.69. The van der Waals surface area contributed by atoms with Crippen molar-refractivity contribution in [2.45, 2.75) is 44.2 Å². The van der Waals surface area contributed by atoms with Crippen LogP contribution in [0, 0.1) is 0 Å². The molecular formula is C19H28BrN3O5S. The molecule has 2 amide bonds. The first kappa shape index (κ1) is 23.6. The van der Waals surface area contributed by atoms with Gasteiger partial charge in [0.25, 0.3) is 0 Å². The van der Waals surface area contributed by atoms with E-state index in [1.807, 2.05) is 30.3 Å². The fourth-order valence-corrected chi connectivity index (χ4v) is 4.99. The molecule has 1 heterocycles. The molecule has 29 heavy (non-hydrogen) atoms. The summed E-state index contributed by atoms with van der Waals surface area (Å²) in [5, 5.41) is 12.2. The van der Waals surface area contributed by atoms with Gasteiger partial charge in [-0.1, -0.05) is 46.3 Å². The van der Waals surface area contributed by atoms with E-state index in [2.05, 4.69) is 26.0 Å². The van der Waals surface area contributed by atoms with Crippen LogP contribution in [0.25, 0.3) is 0 Å². The Labute approximate surface area is 180 Å². The third kappa shape index (κ3) is 7.94. The summed E-state index contributed by atoms with van der Waals surface area (Å²) in [4.78, 5) is 25.9. The summed E-state index contributed by atoms with van der Waals surface area (Å²) < 4.78 is 26.9. The van der Waals surface area contributed by atoms with E-state index in [-0.39, 0.29) is 30.7 Å². The molecule has 1 fully saturated rings. The molecule has 1 aromatic rings. The van der Waals surface area contributed by atoms with Gasteiger partial charge in [-0.15, -0.1) is 0 Å². The van der Waals surface area contributed by atoms with Crippen LogP contribution in [0.3, 0.4) is 0 Å². The van der Waals surface area contributed by atoms with E-state index < -0.39 is 22.2 Å². The van der Waals surface area contributed by atoms with E-state index in [9.17, 15) is 18.0 Å². The van der Waals surface area contributed by atoms with E-state index in [1.165, 1.54) is 0 Å². The molecule has 2 unspecified atom stereocenters. The van der Waals surface area contributed by atoms with Crippen molar-refractivity contribution in [2.24, 2.45) is 0 Å². The van der Waals surface area contributed by atoms with Gasteiger partial charge in [-0.2, -0.15) is 0 Å². The van der Waals surface area contributed by atoms with Gasteiger partial charge >= 0.3 is 6.09 Å². The summed E-state index contributed by atoms with van der Waals surface area (Å²) in [6.45, 7) is 0.634. The standard InChI is InChI=1S/C19H28BrN3O5S/c20-10-4-5-12-29(27,28)21-14-16-9-6-11-23(16)18(24)17(22-19(25)26)13-15-7-2-1-3-8-15/h1-3,7-8,16-17,21-22H,4-6,9-14H2,(H,25,26). The average molecular weight is 490 g/mol. The Morgan fingerprint density at radius 2 is 1.97 bits per heavy atom. The Balaban J connectivity index is 2.00. The largest absolute Gasteiger partial charge is 0.465 e. The second-order valence-corrected chi connectivity index (χ2v) is 9.80. The molecule has 8 nitrogen and oxygen atoms in total. The average Bonchev–Trinajstić information content (AvgIpc) is 3.15. The van der Waals surface area contributed by atoms with Crippen molar-refractivity contribution in [1.82, 2.24) is 14.9 Å². The molecule has 2 atom stereocenters. The third-order valence-electron chi connectivity index (χ3n) is 4.87. The highest BCUT2D eigenvalue weighted by Crippen LogP contribution is 2.19. The van der Waals surface area contributed by atoms with Gasteiger partial charge < -0.3 is 15.3 Å². The first-order valence-corrected chi connectivity index (χ1v) is 12.5. The van der Waals surface area contributed by atoms with Gasteiger partial charge in [0, 0.05) is 30.9 Å². The molecule has 0 spiro atoms. The maximum atomic E-state index is 13.0. The van der Waals surface area contributed by atoms with Crippen molar-refractivity contribution in [1.29, 1.82) is 0 Å². The monoisotopic (exact) mass is 489 g/mol. The van der Waals surface area contributed by atoms with Gasteiger partial charge in [0.05, 0.1) is 5.75 Å². The Morgan fingerprint density at radius 3 is 2.62 bits per heavy atom. The minimum atomic E-state index is -3.40. The maximum absolute atomic E-state index is 13.0. The van der Waals surface area contributed by atoms with E-state index in [0.717, 1.165) is 23.7 Å². The molecule has 1 saturated heterocycles. The lowest BCUT2D eigenvalue weighted by atomic mass is 10.0. The zero-order valence-corrected chi connectivity index (χ0v) is 18.6. The van der Waals surface area contributed by atoms with Crippen LogP contribution in [0.15, 0.2) is 30.3 Å². The number of alkyl halides is 1. The molecule has 10 heteroatoms. The second kappa shape index (κ2) is 11.5. The van der Waals surface area contributed by atoms with Gasteiger partial charge in [-0.05, 0) is 31.2 Å². The number of hydrogen-bond acceptors (Lipinski definition) is 4. The molecule has 0 aromatic heterocycles. The van der Waals surface area contributed by atoms with Gasteiger partial charge in [0.15, 0.2) is 0 Å². The lowest BCUT2D eigenvalue weighted by Crippen LogP contribution is -2.52. The maximum Gasteiger partial charge on any atom is 0.405 e. The minimum Gasteiger partial charge on any atom is -0.465 e. The van der Waals surface area contributed by atoms with Crippen LogP contribution in [0.1, 0.15) is 31.2 Å². The van der Waals surface area contributed by atoms with Crippen molar-refractivity contribution < 1.29 is 23.1 Å². The lowest BCUT2D eigenvalue weighted by Gasteiger charge is -2.29. The van der Waals surface area contributed by atoms with E-state index in [0.29, 0.717) is 19.4 Å². The highest BCUT2D eigenvalue weighted by Gasteiger charge is 2.34. The summed E-state index contributed by atoms with van der Waals surface area (Å²) in [5.74, 6) is -0.270. The Bertz CT molecular complexity index is 775. The van der Waals surface area contributed by atoms with E-state index in [1.54, 1.807) is 4.90 Å². The van der Waals surface area contributed by atoms with Crippen LogP contribution in [0.5, 0.6) is 0 Å². The van der Waals surface area contributed by atoms with Crippen LogP contribution in [-0.4, -0.2) is 66.7 Å². The molecule has 0 saturated carbocycles. The number of carbonyl (C=O) groups is 2. The summed E-state index contributed by atoms with van der Waals surface area (Å²) in [7, 11) is -3.40. The normalized spacial score (nSPS) is 17.8. The van der Waals surface area contributed by atoms with Crippen LogP contribution < -0.4 is 10.0 Å². The summed E-state index contributed by atoms with van der Waals surface area (Å²) in [6, 6.07) is 8.01. The number of rotatable bonds is 11. The third-order valence-corrected chi connectivity index (χ3v) is 6.87. The van der Waals surface area contributed by atoms with Gasteiger partial charge in [0.1, 0.15) is 6.04 Å². The number of likely N-dealkylation sites (tertiary alicyclic amines) is 1. The predicted octanol–water partition coefficient (Wildman–Crippen LogP) is 1.95. The number of benzene rings is 1. The van der Waals surface area contributed by atoms with Crippen molar-refractivity contribution in [2.75, 3.05) is 24.2 Å². The SMILES string of the molecule is O=C(O)NC(Cc1ccccc1)C(=O)N1CCCC1CNS(=O)(=O)CCCCBr. The Kier molecular flexibility index (Phi) is 9.38. The minimum absolute atomic E-state index is 0.0521. The molecular weight excluding hydrogens is 462 g/mol. The number of nitrogens with zero attached hydrogens (tertiary/aromatic N) is 1. The van der Waals surface area contributed by atoms with Crippen molar-refractivity contribution in [3.05, 3.63) is 35.9 Å². The molecule has 3 N–H and O–H groups in total. The molecule has 1 aliphatic heterocycles. The van der Waals surface area contributed by atoms with Gasteiger partial charge in [-0.3, -0.25) is 4.79 Å². The topological polar surface area (TPSA) is 116 Å². The fourth-order valence-electron chi connectivity index (χ4n) is 3.42. The number of carboxylic acid groups (broad SMARTS) is 1. The number of hydrogen-bond donors (Lipinski definition) is 3. The smallest absolute Gasteiger partial charge is 0.405 e. The lowest BCUT2D eigenvalue weighted by molar-refractivity contribution is -0.134.